The molecule has 0 saturated heterocycles. The zero-order valence-corrected chi connectivity index (χ0v) is 15.4. The lowest BCUT2D eigenvalue weighted by atomic mass is 10.0. The van der Waals surface area contributed by atoms with Crippen LogP contribution in [-0.4, -0.2) is 23.4 Å². The molecule has 0 unspecified atom stereocenters. The van der Waals surface area contributed by atoms with Crippen molar-refractivity contribution in [1.82, 2.24) is 9.78 Å². The number of benzene rings is 2. The molecule has 0 radical (unpaired) electrons. The van der Waals surface area contributed by atoms with Crippen molar-refractivity contribution in [3.05, 3.63) is 59.7 Å². The second-order valence-corrected chi connectivity index (χ2v) is 6.75. The molecule has 4 rings (SSSR count). The maximum absolute atomic E-state index is 13.2. The second-order valence-electron chi connectivity index (χ2n) is 6.75. The van der Waals surface area contributed by atoms with E-state index in [1.807, 2.05) is 24.3 Å². The van der Waals surface area contributed by atoms with Crippen molar-refractivity contribution in [2.24, 2.45) is 0 Å². The third kappa shape index (κ3) is 3.44. The van der Waals surface area contributed by atoms with Crippen molar-refractivity contribution >= 4 is 5.82 Å². The van der Waals surface area contributed by atoms with Crippen LogP contribution in [0.2, 0.25) is 0 Å². The lowest BCUT2D eigenvalue weighted by molar-refractivity contribution is -0.137. The van der Waals surface area contributed by atoms with Crippen LogP contribution in [-0.2, 0) is 12.6 Å². The summed E-state index contributed by atoms with van der Waals surface area (Å²) in [6.07, 6.45) is -1.60. The molecule has 0 bridgehead atoms. The molecule has 7 heteroatoms. The van der Waals surface area contributed by atoms with Crippen molar-refractivity contribution in [2.45, 2.75) is 25.4 Å². The topological polar surface area (TPSA) is 39.1 Å². The maximum atomic E-state index is 13.2. The fraction of sp³-hybridized carbons (Fsp3) is 0.286. The van der Waals surface area contributed by atoms with E-state index < -0.39 is 11.7 Å². The Morgan fingerprint density at radius 1 is 1.07 bits per heavy atom. The average Bonchev–Trinajstić information content (AvgIpc) is 2.88. The van der Waals surface area contributed by atoms with Crippen LogP contribution >= 0.6 is 0 Å². The number of alkyl halides is 3. The summed E-state index contributed by atoms with van der Waals surface area (Å²) < 4.78 is 46.4. The van der Waals surface area contributed by atoms with E-state index in [1.165, 1.54) is 6.07 Å². The molecule has 0 fully saturated rings. The van der Waals surface area contributed by atoms with Gasteiger partial charge in [0.25, 0.3) is 0 Å². The predicted octanol–water partition coefficient (Wildman–Crippen LogP) is 5.31. The Balaban J connectivity index is 1.88. The van der Waals surface area contributed by atoms with Gasteiger partial charge in [-0.05, 0) is 49.6 Å². The number of hydrogen-bond donors (Lipinski definition) is 1. The molecule has 146 valence electrons. The lowest BCUT2D eigenvalue weighted by Gasteiger charge is -2.12. The monoisotopic (exact) mass is 387 g/mol. The molecule has 2 aromatic carbocycles. The van der Waals surface area contributed by atoms with Crippen LogP contribution in [0.5, 0.6) is 5.75 Å². The van der Waals surface area contributed by atoms with Gasteiger partial charge in [-0.1, -0.05) is 18.2 Å². The highest BCUT2D eigenvalue weighted by Gasteiger charge is 2.31. The number of fused-ring (bicyclic) bond motifs is 1. The van der Waals surface area contributed by atoms with Crippen LogP contribution in [0.25, 0.3) is 16.9 Å². The SMILES string of the molecule is COc1cccc(-c2nn(-c3cccc(C(F)(F)F)c3)c3c2CCCCN3)c1. The number of nitrogens with zero attached hydrogens (tertiary/aromatic N) is 2. The molecule has 1 aromatic heterocycles. The molecule has 1 aliphatic rings. The van der Waals surface area contributed by atoms with Gasteiger partial charge in [0, 0.05) is 17.7 Å². The van der Waals surface area contributed by atoms with Crippen molar-refractivity contribution in [1.29, 1.82) is 0 Å². The summed E-state index contributed by atoms with van der Waals surface area (Å²) in [5.41, 5.74) is 2.36. The first kappa shape index (κ1) is 18.4. The molecule has 0 saturated carbocycles. The summed E-state index contributed by atoms with van der Waals surface area (Å²) in [5, 5.41) is 8.06. The lowest BCUT2D eigenvalue weighted by Crippen LogP contribution is -2.09. The summed E-state index contributed by atoms with van der Waals surface area (Å²) in [4.78, 5) is 0. The summed E-state index contributed by atoms with van der Waals surface area (Å²) in [6.45, 7) is 0.759. The Morgan fingerprint density at radius 3 is 2.68 bits per heavy atom. The summed E-state index contributed by atoms with van der Waals surface area (Å²) in [5.74, 6) is 1.47. The van der Waals surface area contributed by atoms with Crippen molar-refractivity contribution in [2.75, 3.05) is 19.0 Å². The molecule has 1 aliphatic heterocycles. The van der Waals surface area contributed by atoms with E-state index in [0.717, 1.165) is 60.6 Å². The highest BCUT2D eigenvalue weighted by atomic mass is 19.4. The highest BCUT2D eigenvalue weighted by molar-refractivity contribution is 5.72. The predicted molar refractivity (Wildman–Crippen MR) is 102 cm³/mol. The maximum Gasteiger partial charge on any atom is 0.416 e. The van der Waals surface area contributed by atoms with Gasteiger partial charge in [-0.2, -0.15) is 18.3 Å². The highest BCUT2D eigenvalue weighted by Crippen LogP contribution is 2.36. The van der Waals surface area contributed by atoms with Gasteiger partial charge in [0.05, 0.1) is 24.1 Å². The minimum absolute atomic E-state index is 0.384. The number of nitrogens with one attached hydrogen (secondary N) is 1. The van der Waals surface area contributed by atoms with Crippen LogP contribution in [0, 0.1) is 0 Å². The number of anilines is 1. The quantitative estimate of drug-likeness (QED) is 0.662. The minimum atomic E-state index is -4.40. The standard InChI is InChI=1S/C21H20F3N3O/c1-28-17-9-4-6-14(12-17)19-18-10-2-3-11-25-20(18)27(26-19)16-8-5-7-15(13-16)21(22,23)24/h4-9,12-13,25H,2-3,10-11H2,1H3. The largest absolute Gasteiger partial charge is 0.497 e. The Bertz CT molecular complexity index is 995. The molecule has 0 aliphatic carbocycles. The van der Waals surface area contributed by atoms with Crippen molar-refractivity contribution < 1.29 is 17.9 Å². The zero-order chi connectivity index (χ0) is 19.7. The minimum Gasteiger partial charge on any atom is -0.497 e. The van der Waals surface area contributed by atoms with Gasteiger partial charge in [-0.3, -0.25) is 0 Å². The first-order valence-corrected chi connectivity index (χ1v) is 9.15. The van der Waals surface area contributed by atoms with Gasteiger partial charge in [0.15, 0.2) is 0 Å². The molecule has 2 heterocycles. The van der Waals surface area contributed by atoms with Gasteiger partial charge in [-0.25, -0.2) is 4.68 Å². The van der Waals surface area contributed by atoms with E-state index in [-0.39, 0.29) is 0 Å². The van der Waals surface area contributed by atoms with E-state index in [9.17, 15) is 13.2 Å². The van der Waals surface area contributed by atoms with Crippen molar-refractivity contribution in [3.63, 3.8) is 0 Å². The first-order chi connectivity index (χ1) is 13.5. The van der Waals surface area contributed by atoms with Gasteiger partial charge >= 0.3 is 6.18 Å². The molecular weight excluding hydrogens is 367 g/mol. The summed E-state index contributed by atoms with van der Waals surface area (Å²) in [6, 6.07) is 12.8. The zero-order valence-electron chi connectivity index (χ0n) is 15.4. The molecule has 4 nitrogen and oxygen atoms in total. The Hall–Kier alpha value is -2.96. The number of rotatable bonds is 3. The molecule has 3 aromatic rings. The van der Waals surface area contributed by atoms with Crippen LogP contribution < -0.4 is 10.1 Å². The third-order valence-electron chi connectivity index (χ3n) is 4.89. The average molecular weight is 387 g/mol. The molecule has 0 spiro atoms. The van der Waals surface area contributed by atoms with Crippen LogP contribution in [0.15, 0.2) is 48.5 Å². The molecule has 28 heavy (non-hydrogen) atoms. The number of ether oxygens (including phenoxy) is 1. The fourth-order valence-electron chi connectivity index (χ4n) is 3.51. The molecule has 0 amide bonds. The van der Waals surface area contributed by atoms with Crippen LogP contribution in [0.1, 0.15) is 24.0 Å². The van der Waals surface area contributed by atoms with E-state index >= 15 is 0 Å². The van der Waals surface area contributed by atoms with E-state index in [0.29, 0.717) is 11.4 Å². The Labute approximate surface area is 160 Å². The van der Waals surface area contributed by atoms with Crippen molar-refractivity contribution in [3.8, 4) is 22.7 Å². The first-order valence-electron chi connectivity index (χ1n) is 9.15. The second kappa shape index (κ2) is 7.22. The number of aromatic nitrogens is 2. The van der Waals surface area contributed by atoms with Gasteiger partial charge in [0.2, 0.25) is 0 Å². The number of methoxy groups -OCH3 is 1. The van der Waals surface area contributed by atoms with E-state index in [4.69, 9.17) is 9.84 Å². The van der Waals surface area contributed by atoms with E-state index in [2.05, 4.69) is 5.32 Å². The summed E-state index contributed by atoms with van der Waals surface area (Å²) in [7, 11) is 1.60. The van der Waals surface area contributed by atoms with Gasteiger partial charge in [0.1, 0.15) is 11.6 Å². The van der Waals surface area contributed by atoms with Crippen LogP contribution in [0.3, 0.4) is 0 Å². The molecule has 0 atom stereocenters. The normalized spacial score (nSPS) is 14.1. The fourth-order valence-corrected chi connectivity index (χ4v) is 3.51. The number of halogens is 3. The molecular formula is C21H20F3N3O. The van der Waals surface area contributed by atoms with Gasteiger partial charge < -0.3 is 10.1 Å². The molecule has 1 N–H and O–H groups in total. The summed E-state index contributed by atoms with van der Waals surface area (Å²) >= 11 is 0. The third-order valence-corrected chi connectivity index (χ3v) is 4.89. The Kier molecular flexibility index (Phi) is 4.75. The Morgan fingerprint density at radius 2 is 1.89 bits per heavy atom. The van der Waals surface area contributed by atoms with E-state index in [1.54, 1.807) is 17.9 Å². The smallest absolute Gasteiger partial charge is 0.416 e. The van der Waals surface area contributed by atoms with Crippen LogP contribution in [0.4, 0.5) is 19.0 Å². The number of hydrogen-bond acceptors (Lipinski definition) is 3. The van der Waals surface area contributed by atoms with Gasteiger partial charge in [-0.15, -0.1) is 0 Å².